The minimum Gasteiger partial charge on any atom is -0.458 e. The van der Waals surface area contributed by atoms with Crippen LogP contribution in [0.25, 0.3) is 22.3 Å². The van der Waals surface area contributed by atoms with Gasteiger partial charge in [-0.3, -0.25) is 4.79 Å². The van der Waals surface area contributed by atoms with E-state index in [1.165, 1.54) is 6.07 Å². The zero-order valence-electron chi connectivity index (χ0n) is 21.2. The quantitative estimate of drug-likeness (QED) is 0.386. The van der Waals surface area contributed by atoms with E-state index < -0.39 is 12.1 Å². The summed E-state index contributed by atoms with van der Waals surface area (Å²) < 4.78 is 21.1. The van der Waals surface area contributed by atoms with Crippen LogP contribution in [0.4, 0.5) is 4.39 Å². The second-order valence-corrected chi connectivity index (χ2v) is 9.33. The third-order valence-electron chi connectivity index (χ3n) is 6.54. The fourth-order valence-electron chi connectivity index (χ4n) is 5.06. The standard InChI is InChI=1S/C22H17FN2O4.C3H9N.C2H6/c1-9-10-3-2-4-11-13-7-25-17(19(13)24-16(18(10)11)6-15(9)23)5-12-14(21(25)27)8-29-22(28)20(12)26;1-4(2)3;1-2/h5-6,20,26H,2-4,7-8H2,1H3;1-3H3;1-2H3. The second-order valence-electron chi connectivity index (χ2n) is 9.33. The number of rotatable bonds is 0. The molecule has 2 aromatic heterocycles. The number of ether oxygens (including phenoxy) is 1. The Morgan fingerprint density at radius 1 is 1.09 bits per heavy atom. The van der Waals surface area contributed by atoms with Crippen molar-refractivity contribution in [3.8, 4) is 11.4 Å². The molecule has 7 nitrogen and oxygen atoms in total. The molecule has 0 bridgehead atoms. The summed E-state index contributed by atoms with van der Waals surface area (Å²) in [6.45, 7) is 6.05. The number of esters is 1. The number of carbonyl (C=O) groups is 1. The SMILES string of the molecule is CC.CN(C)C.Cc1c(F)cc2nc3c(c4c2c1CCC4)Cn1c-3cc2c(c1=O)COC(=O)C2O. The molecule has 0 radical (unpaired) electrons. The van der Waals surface area contributed by atoms with Gasteiger partial charge in [-0.2, -0.15) is 0 Å². The molecule has 2 aliphatic heterocycles. The van der Waals surface area contributed by atoms with Crippen LogP contribution < -0.4 is 5.56 Å². The molecule has 35 heavy (non-hydrogen) atoms. The van der Waals surface area contributed by atoms with E-state index in [9.17, 15) is 19.1 Å². The first-order chi connectivity index (χ1) is 16.7. The number of aliphatic hydroxyl groups excluding tert-OH is 1. The Bertz CT molecular complexity index is 1390. The van der Waals surface area contributed by atoms with Gasteiger partial charge in [0.25, 0.3) is 5.56 Å². The van der Waals surface area contributed by atoms with Crippen molar-refractivity contribution in [3.63, 3.8) is 0 Å². The monoisotopic (exact) mass is 481 g/mol. The maximum Gasteiger partial charge on any atom is 0.340 e. The highest BCUT2D eigenvalue weighted by atomic mass is 19.1. The summed E-state index contributed by atoms with van der Waals surface area (Å²) in [6.07, 6.45) is 1.12. The number of aryl methyl sites for hydroxylation is 2. The highest BCUT2D eigenvalue weighted by molar-refractivity contribution is 5.92. The maximum absolute atomic E-state index is 14.5. The third kappa shape index (κ3) is 4.04. The first-order valence-corrected chi connectivity index (χ1v) is 12.0. The first kappa shape index (κ1) is 25.0. The van der Waals surface area contributed by atoms with Gasteiger partial charge < -0.3 is 19.3 Å². The van der Waals surface area contributed by atoms with Crippen molar-refractivity contribution in [1.29, 1.82) is 0 Å². The molecule has 3 aromatic rings. The van der Waals surface area contributed by atoms with Gasteiger partial charge in [-0.15, -0.1) is 0 Å². The number of hydrogen-bond donors (Lipinski definition) is 1. The van der Waals surface area contributed by atoms with Crippen LogP contribution in [0.15, 0.2) is 16.9 Å². The number of halogens is 1. The fourth-order valence-corrected chi connectivity index (χ4v) is 5.06. The van der Waals surface area contributed by atoms with Gasteiger partial charge in [-0.05, 0) is 70.1 Å². The van der Waals surface area contributed by atoms with E-state index in [0.29, 0.717) is 34.6 Å². The molecule has 0 saturated carbocycles. The number of nitrogens with zero attached hydrogens (tertiary/aromatic N) is 3. The average Bonchev–Trinajstić information content (AvgIpc) is 3.20. The lowest BCUT2D eigenvalue weighted by molar-refractivity contribution is -0.157. The molecule has 8 heteroatoms. The fraction of sp³-hybridized carbons (Fsp3) is 0.444. The number of hydrogen-bond acceptors (Lipinski definition) is 6. The van der Waals surface area contributed by atoms with E-state index in [4.69, 9.17) is 9.72 Å². The normalized spacial score (nSPS) is 16.9. The second kappa shape index (κ2) is 9.51. The highest BCUT2D eigenvalue weighted by Crippen LogP contribution is 2.41. The van der Waals surface area contributed by atoms with Crippen LogP contribution in [-0.2, 0) is 35.5 Å². The Morgan fingerprint density at radius 2 is 1.74 bits per heavy atom. The van der Waals surface area contributed by atoms with Gasteiger partial charge >= 0.3 is 5.97 Å². The van der Waals surface area contributed by atoms with E-state index in [1.54, 1.807) is 17.6 Å². The number of carbonyl (C=O) groups excluding carboxylic acids is 1. The highest BCUT2D eigenvalue weighted by Gasteiger charge is 2.35. The van der Waals surface area contributed by atoms with Crippen LogP contribution in [0.1, 0.15) is 59.8 Å². The van der Waals surface area contributed by atoms with Crippen molar-refractivity contribution < 1.29 is 19.0 Å². The molecule has 0 amide bonds. The van der Waals surface area contributed by atoms with E-state index in [-0.39, 0.29) is 23.5 Å². The molecule has 3 aliphatic rings. The lowest BCUT2D eigenvalue weighted by Crippen LogP contribution is -2.32. The summed E-state index contributed by atoms with van der Waals surface area (Å²) in [6, 6.07) is 3.13. The number of pyridine rings is 2. The molecule has 0 saturated heterocycles. The molecule has 4 heterocycles. The number of aliphatic hydroxyl groups is 1. The predicted molar refractivity (Wildman–Crippen MR) is 133 cm³/mol. The minimum absolute atomic E-state index is 0.141. The predicted octanol–water partition coefficient (Wildman–Crippen LogP) is 3.66. The van der Waals surface area contributed by atoms with Crippen LogP contribution in [0.3, 0.4) is 0 Å². The molecule has 0 fully saturated rings. The molecular formula is C27H32FN3O4. The van der Waals surface area contributed by atoms with E-state index in [1.807, 2.05) is 39.9 Å². The van der Waals surface area contributed by atoms with Gasteiger partial charge in [0.15, 0.2) is 6.10 Å². The van der Waals surface area contributed by atoms with Gasteiger partial charge in [-0.25, -0.2) is 14.2 Å². The van der Waals surface area contributed by atoms with Crippen LogP contribution in [0.5, 0.6) is 0 Å². The summed E-state index contributed by atoms with van der Waals surface area (Å²) in [5.74, 6) is -1.03. The number of fused-ring (bicyclic) bond motifs is 5. The molecule has 0 spiro atoms. The Labute approximate surface area is 204 Å². The Hall–Kier alpha value is -3.10. The zero-order chi connectivity index (χ0) is 25.6. The largest absolute Gasteiger partial charge is 0.458 e. The van der Waals surface area contributed by atoms with Gasteiger partial charge in [0.05, 0.1) is 29.0 Å². The minimum atomic E-state index is -1.48. The topological polar surface area (TPSA) is 84.7 Å². The van der Waals surface area contributed by atoms with Crippen LogP contribution >= 0.6 is 0 Å². The van der Waals surface area contributed by atoms with Gasteiger partial charge in [0, 0.05) is 22.6 Å². The lowest BCUT2D eigenvalue weighted by atomic mass is 9.85. The molecule has 186 valence electrons. The summed E-state index contributed by atoms with van der Waals surface area (Å²) in [5, 5.41) is 11.2. The number of aromatic nitrogens is 2. The van der Waals surface area contributed by atoms with Crippen molar-refractivity contribution >= 4 is 16.9 Å². The Kier molecular flexibility index (Phi) is 6.79. The average molecular weight is 482 g/mol. The van der Waals surface area contributed by atoms with E-state index >= 15 is 0 Å². The molecule has 1 unspecified atom stereocenters. The summed E-state index contributed by atoms with van der Waals surface area (Å²) in [7, 11) is 6.00. The smallest absolute Gasteiger partial charge is 0.340 e. The van der Waals surface area contributed by atoms with Crippen molar-refractivity contribution in [3.05, 3.63) is 61.7 Å². The molecule has 6 rings (SSSR count). The summed E-state index contributed by atoms with van der Waals surface area (Å²) in [4.78, 5) is 31.6. The van der Waals surface area contributed by atoms with Crippen LogP contribution in [0, 0.1) is 12.7 Å². The van der Waals surface area contributed by atoms with Gasteiger partial charge in [0.1, 0.15) is 12.4 Å². The number of benzene rings is 1. The lowest BCUT2D eigenvalue weighted by Gasteiger charge is -2.22. The molecule has 1 atom stereocenters. The molecular weight excluding hydrogens is 449 g/mol. The Balaban J connectivity index is 0.000000440. The summed E-state index contributed by atoms with van der Waals surface area (Å²) in [5.41, 5.74) is 5.86. The van der Waals surface area contributed by atoms with Crippen molar-refractivity contribution in [2.24, 2.45) is 0 Å². The summed E-state index contributed by atoms with van der Waals surface area (Å²) >= 11 is 0. The molecule has 1 aliphatic carbocycles. The zero-order valence-corrected chi connectivity index (χ0v) is 21.2. The molecule has 1 aromatic carbocycles. The van der Waals surface area contributed by atoms with Crippen molar-refractivity contribution in [2.45, 2.75) is 59.3 Å². The van der Waals surface area contributed by atoms with Gasteiger partial charge in [0.2, 0.25) is 0 Å². The Morgan fingerprint density at radius 3 is 2.43 bits per heavy atom. The van der Waals surface area contributed by atoms with Crippen LogP contribution in [0.2, 0.25) is 0 Å². The van der Waals surface area contributed by atoms with Crippen molar-refractivity contribution in [1.82, 2.24) is 14.5 Å². The van der Waals surface area contributed by atoms with Crippen LogP contribution in [-0.4, -0.2) is 46.7 Å². The third-order valence-corrected chi connectivity index (χ3v) is 6.54. The molecule has 1 N–H and O–H groups in total. The van der Waals surface area contributed by atoms with Gasteiger partial charge in [-0.1, -0.05) is 13.8 Å². The number of cyclic esters (lactones) is 1. The van der Waals surface area contributed by atoms with Crippen molar-refractivity contribution in [2.75, 3.05) is 21.1 Å². The van der Waals surface area contributed by atoms with E-state index in [0.717, 1.165) is 41.3 Å². The maximum atomic E-state index is 14.5. The first-order valence-electron chi connectivity index (χ1n) is 12.0. The van der Waals surface area contributed by atoms with E-state index in [2.05, 4.69) is 0 Å².